The van der Waals surface area contributed by atoms with Crippen LogP contribution in [0.3, 0.4) is 0 Å². The minimum atomic E-state index is -0.257. The molecule has 2 rings (SSSR count). The Balaban J connectivity index is 2.28. The second kappa shape index (κ2) is 6.15. The Bertz CT molecular complexity index is 528. The van der Waals surface area contributed by atoms with Crippen LogP contribution in [0.2, 0.25) is 0 Å². The van der Waals surface area contributed by atoms with E-state index in [-0.39, 0.29) is 5.82 Å². The van der Waals surface area contributed by atoms with Crippen LogP contribution in [0.25, 0.3) is 0 Å². The van der Waals surface area contributed by atoms with Crippen molar-refractivity contribution in [2.24, 2.45) is 0 Å². The summed E-state index contributed by atoms with van der Waals surface area (Å²) in [6.45, 7) is 0.437. The maximum absolute atomic E-state index is 13.7. The van der Waals surface area contributed by atoms with Gasteiger partial charge in [0.1, 0.15) is 17.3 Å². The van der Waals surface area contributed by atoms with Crippen LogP contribution in [0, 0.1) is 9.39 Å². The number of hydrogen-bond donors (Lipinski definition) is 1. The molecule has 0 aliphatic heterocycles. The lowest BCUT2D eigenvalue weighted by Crippen LogP contribution is -2.08. The zero-order valence-electron chi connectivity index (χ0n) is 9.91. The van der Waals surface area contributed by atoms with E-state index in [1.807, 2.05) is 24.3 Å². The highest BCUT2D eigenvalue weighted by atomic mass is 127. The minimum Gasteiger partial charge on any atom is -0.457 e. The molecule has 0 bridgehead atoms. The van der Waals surface area contributed by atoms with E-state index in [4.69, 9.17) is 4.74 Å². The largest absolute Gasteiger partial charge is 0.457 e. The van der Waals surface area contributed by atoms with Crippen LogP contribution < -0.4 is 10.1 Å². The van der Waals surface area contributed by atoms with Gasteiger partial charge >= 0.3 is 0 Å². The SMILES string of the molecule is CNCc1c(F)cccc1Oc1ccc(I)cc1. The lowest BCUT2D eigenvalue weighted by Gasteiger charge is -2.11. The van der Waals surface area contributed by atoms with E-state index < -0.39 is 0 Å². The predicted octanol–water partition coefficient (Wildman–Crippen LogP) is 3.94. The number of nitrogens with one attached hydrogen (secondary N) is 1. The normalized spacial score (nSPS) is 10.4. The van der Waals surface area contributed by atoms with Crippen molar-refractivity contribution in [1.29, 1.82) is 0 Å². The zero-order valence-corrected chi connectivity index (χ0v) is 12.1. The van der Waals surface area contributed by atoms with Gasteiger partial charge in [-0.1, -0.05) is 6.07 Å². The summed E-state index contributed by atoms with van der Waals surface area (Å²) in [6, 6.07) is 12.5. The standard InChI is InChI=1S/C14H13FINO/c1-17-9-12-13(15)3-2-4-14(12)18-11-7-5-10(16)6-8-11/h2-8,17H,9H2,1H3. The molecule has 2 nitrogen and oxygen atoms in total. The highest BCUT2D eigenvalue weighted by Gasteiger charge is 2.09. The first-order valence-electron chi connectivity index (χ1n) is 5.56. The van der Waals surface area contributed by atoms with Crippen LogP contribution in [0.15, 0.2) is 42.5 Å². The van der Waals surface area contributed by atoms with Crippen molar-refractivity contribution in [3.8, 4) is 11.5 Å². The summed E-state index contributed by atoms with van der Waals surface area (Å²) in [4.78, 5) is 0. The molecule has 2 aromatic rings. The van der Waals surface area contributed by atoms with Gasteiger partial charge in [0.2, 0.25) is 0 Å². The summed E-state index contributed by atoms with van der Waals surface area (Å²) < 4.78 is 20.5. The fraction of sp³-hybridized carbons (Fsp3) is 0.143. The molecule has 0 unspecified atom stereocenters. The van der Waals surface area contributed by atoms with Gasteiger partial charge in [-0.3, -0.25) is 0 Å². The summed E-state index contributed by atoms with van der Waals surface area (Å²) in [5, 5.41) is 2.94. The highest BCUT2D eigenvalue weighted by molar-refractivity contribution is 14.1. The maximum Gasteiger partial charge on any atom is 0.134 e. The number of hydrogen-bond acceptors (Lipinski definition) is 2. The van der Waals surface area contributed by atoms with E-state index in [2.05, 4.69) is 27.9 Å². The lowest BCUT2D eigenvalue weighted by atomic mass is 10.2. The van der Waals surface area contributed by atoms with E-state index in [9.17, 15) is 4.39 Å². The van der Waals surface area contributed by atoms with Gasteiger partial charge in [-0.25, -0.2) is 4.39 Å². The third-order valence-electron chi connectivity index (χ3n) is 2.47. The van der Waals surface area contributed by atoms with E-state index in [0.717, 1.165) is 3.57 Å². The van der Waals surface area contributed by atoms with Crippen LogP contribution in [-0.4, -0.2) is 7.05 Å². The minimum absolute atomic E-state index is 0.257. The van der Waals surface area contributed by atoms with E-state index in [1.165, 1.54) is 6.07 Å². The summed E-state index contributed by atoms with van der Waals surface area (Å²) in [5.74, 6) is 0.997. The van der Waals surface area contributed by atoms with Gasteiger partial charge in [-0.05, 0) is 66.0 Å². The molecule has 0 heterocycles. The van der Waals surface area contributed by atoms with Gasteiger partial charge in [0, 0.05) is 15.7 Å². The molecule has 0 aromatic heterocycles. The van der Waals surface area contributed by atoms with Gasteiger partial charge in [-0.2, -0.15) is 0 Å². The Morgan fingerprint density at radius 1 is 1.17 bits per heavy atom. The molecule has 0 saturated carbocycles. The van der Waals surface area contributed by atoms with Crippen LogP contribution in [0.4, 0.5) is 4.39 Å². The first-order valence-corrected chi connectivity index (χ1v) is 6.64. The zero-order chi connectivity index (χ0) is 13.0. The molecule has 1 N–H and O–H groups in total. The fourth-order valence-corrected chi connectivity index (χ4v) is 1.97. The van der Waals surface area contributed by atoms with Crippen molar-refractivity contribution < 1.29 is 9.13 Å². The quantitative estimate of drug-likeness (QED) is 0.837. The first-order chi connectivity index (χ1) is 8.70. The number of rotatable bonds is 4. The van der Waals surface area contributed by atoms with Crippen LogP contribution in [0.5, 0.6) is 11.5 Å². The molecular weight excluding hydrogens is 344 g/mol. The molecule has 0 amide bonds. The van der Waals surface area contributed by atoms with Crippen molar-refractivity contribution >= 4 is 22.6 Å². The van der Waals surface area contributed by atoms with E-state index in [0.29, 0.717) is 23.6 Å². The van der Waals surface area contributed by atoms with Crippen molar-refractivity contribution in [2.75, 3.05) is 7.05 Å². The third-order valence-corrected chi connectivity index (χ3v) is 3.19. The Morgan fingerprint density at radius 3 is 2.56 bits per heavy atom. The Kier molecular flexibility index (Phi) is 4.54. The Morgan fingerprint density at radius 2 is 1.89 bits per heavy atom. The Labute approximate surface area is 119 Å². The lowest BCUT2D eigenvalue weighted by molar-refractivity contribution is 0.464. The van der Waals surface area contributed by atoms with Gasteiger partial charge < -0.3 is 10.1 Å². The average Bonchev–Trinajstić information content (AvgIpc) is 2.36. The van der Waals surface area contributed by atoms with Crippen molar-refractivity contribution in [3.63, 3.8) is 0 Å². The molecule has 4 heteroatoms. The monoisotopic (exact) mass is 357 g/mol. The molecule has 0 fully saturated rings. The molecule has 0 spiro atoms. The van der Waals surface area contributed by atoms with Crippen molar-refractivity contribution in [2.45, 2.75) is 6.54 Å². The second-order valence-electron chi connectivity index (χ2n) is 3.80. The smallest absolute Gasteiger partial charge is 0.134 e. The maximum atomic E-state index is 13.7. The number of ether oxygens (including phenoxy) is 1. The highest BCUT2D eigenvalue weighted by Crippen LogP contribution is 2.27. The average molecular weight is 357 g/mol. The molecule has 0 saturated heterocycles. The summed E-state index contributed by atoms with van der Waals surface area (Å²) in [7, 11) is 1.78. The molecule has 0 atom stereocenters. The van der Waals surface area contributed by atoms with Gasteiger partial charge in [-0.15, -0.1) is 0 Å². The first kappa shape index (κ1) is 13.3. The number of halogens is 2. The molecule has 2 aromatic carbocycles. The van der Waals surface area contributed by atoms with Crippen LogP contribution >= 0.6 is 22.6 Å². The molecule has 0 aliphatic rings. The van der Waals surface area contributed by atoms with Crippen molar-refractivity contribution in [3.05, 3.63) is 57.4 Å². The molecular formula is C14H13FINO. The van der Waals surface area contributed by atoms with Gasteiger partial charge in [0.05, 0.1) is 0 Å². The molecule has 0 aliphatic carbocycles. The summed E-state index contributed by atoms with van der Waals surface area (Å²) in [5.41, 5.74) is 0.540. The molecule has 18 heavy (non-hydrogen) atoms. The van der Waals surface area contributed by atoms with E-state index >= 15 is 0 Å². The summed E-state index contributed by atoms with van der Waals surface area (Å²) >= 11 is 2.23. The second-order valence-corrected chi connectivity index (χ2v) is 5.05. The van der Waals surface area contributed by atoms with Crippen LogP contribution in [0.1, 0.15) is 5.56 Å². The Hall–Kier alpha value is -1.14. The van der Waals surface area contributed by atoms with Gasteiger partial charge in [0.25, 0.3) is 0 Å². The fourth-order valence-electron chi connectivity index (χ4n) is 1.61. The van der Waals surface area contributed by atoms with Crippen LogP contribution in [-0.2, 0) is 6.54 Å². The third kappa shape index (κ3) is 3.20. The summed E-state index contributed by atoms with van der Waals surface area (Å²) in [6.07, 6.45) is 0. The van der Waals surface area contributed by atoms with E-state index in [1.54, 1.807) is 19.2 Å². The van der Waals surface area contributed by atoms with Gasteiger partial charge in [0.15, 0.2) is 0 Å². The predicted molar refractivity (Wildman–Crippen MR) is 78.4 cm³/mol. The molecule has 94 valence electrons. The molecule has 0 radical (unpaired) electrons. The topological polar surface area (TPSA) is 21.3 Å². The number of benzene rings is 2. The van der Waals surface area contributed by atoms with Crippen molar-refractivity contribution in [1.82, 2.24) is 5.32 Å².